The Morgan fingerprint density at radius 1 is 0.864 bits per heavy atom. The molecule has 3 amide bonds. The number of thioether (sulfide) groups is 1. The van der Waals surface area contributed by atoms with Gasteiger partial charge in [-0.05, 0) is 72.7 Å². The molecule has 0 spiro atoms. The number of carbonyl (C=O) groups is 3. The SMILES string of the molecule is CCC(Sc1cccc(NC(=O)/C(=C/c2ccc(F)cc2)NC(=O)c2ccccc2)c1)C(=O)Nc1cc(OC)ccc1OC. The Labute approximate surface area is 259 Å². The van der Waals surface area contributed by atoms with E-state index in [9.17, 15) is 18.8 Å². The zero-order valence-corrected chi connectivity index (χ0v) is 25.2. The van der Waals surface area contributed by atoms with Crippen LogP contribution in [0.5, 0.6) is 11.5 Å². The first kappa shape index (κ1) is 31.8. The van der Waals surface area contributed by atoms with Crippen LogP contribution in [-0.4, -0.2) is 37.2 Å². The normalized spacial score (nSPS) is 11.7. The first-order valence-corrected chi connectivity index (χ1v) is 14.6. The molecule has 3 N–H and O–H groups in total. The summed E-state index contributed by atoms with van der Waals surface area (Å²) in [6, 6.07) is 26.3. The summed E-state index contributed by atoms with van der Waals surface area (Å²) in [6.45, 7) is 1.91. The Balaban J connectivity index is 1.50. The van der Waals surface area contributed by atoms with Gasteiger partial charge in [-0.3, -0.25) is 14.4 Å². The minimum Gasteiger partial charge on any atom is -0.497 e. The number of rotatable bonds is 12. The van der Waals surface area contributed by atoms with Gasteiger partial charge in [0.25, 0.3) is 11.8 Å². The fraction of sp³-hybridized carbons (Fsp3) is 0.147. The van der Waals surface area contributed by atoms with Crippen LogP contribution in [-0.2, 0) is 9.59 Å². The predicted octanol–water partition coefficient (Wildman–Crippen LogP) is 6.76. The molecule has 226 valence electrons. The maximum absolute atomic E-state index is 13.5. The topological polar surface area (TPSA) is 106 Å². The van der Waals surface area contributed by atoms with Crippen molar-refractivity contribution in [3.63, 3.8) is 0 Å². The summed E-state index contributed by atoms with van der Waals surface area (Å²) in [5.74, 6) is -0.590. The zero-order chi connectivity index (χ0) is 31.5. The minimum absolute atomic E-state index is 0.0263. The number of hydrogen-bond acceptors (Lipinski definition) is 6. The largest absolute Gasteiger partial charge is 0.497 e. The molecule has 0 saturated carbocycles. The fourth-order valence-corrected chi connectivity index (χ4v) is 5.14. The van der Waals surface area contributed by atoms with Gasteiger partial charge in [0.15, 0.2) is 0 Å². The Morgan fingerprint density at radius 2 is 1.61 bits per heavy atom. The molecule has 4 aromatic carbocycles. The van der Waals surface area contributed by atoms with E-state index in [1.807, 2.05) is 13.0 Å². The summed E-state index contributed by atoms with van der Waals surface area (Å²) in [6.07, 6.45) is 2.01. The quantitative estimate of drug-likeness (QED) is 0.120. The van der Waals surface area contributed by atoms with E-state index in [4.69, 9.17) is 9.47 Å². The van der Waals surface area contributed by atoms with Crippen LogP contribution in [0.2, 0.25) is 0 Å². The molecule has 44 heavy (non-hydrogen) atoms. The molecule has 0 radical (unpaired) electrons. The van der Waals surface area contributed by atoms with Crippen molar-refractivity contribution in [2.75, 3.05) is 24.9 Å². The van der Waals surface area contributed by atoms with Crippen LogP contribution in [0.15, 0.2) is 108 Å². The number of anilines is 2. The van der Waals surface area contributed by atoms with E-state index in [0.717, 1.165) is 4.90 Å². The molecule has 4 rings (SSSR count). The van der Waals surface area contributed by atoms with Gasteiger partial charge in [-0.25, -0.2) is 4.39 Å². The molecular weight excluding hydrogens is 581 g/mol. The highest BCUT2D eigenvalue weighted by Crippen LogP contribution is 2.32. The van der Waals surface area contributed by atoms with Gasteiger partial charge >= 0.3 is 0 Å². The minimum atomic E-state index is -0.573. The van der Waals surface area contributed by atoms with Gasteiger partial charge in [-0.15, -0.1) is 11.8 Å². The summed E-state index contributed by atoms with van der Waals surface area (Å²) in [4.78, 5) is 40.3. The van der Waals surface area contributed by atoms with E-state index in [0.29, 0.717) is 40.4 Å². The van der Waals surface area contributed by atoms with E-state index in [2.05, 4.69) is 16.0 Å². The number of benzene rings is 4. The van der Waals surface area contributed by atoms with Crippen molar-refractivity contribution in [3.05, 3.63) is 120 Å². The lowest BCUT2D eigenvalue weighted by molar-refractivity contribution is -0.116. The summed E-state index contributed by atoms with van der Waals surface area (Å²) >= 11 is 1.35. The van der Waals surface area contributed by atoms with E-state index >= 15 is 0 Å². The van der Waals surface area contributed by atoms with Gasteiger partial charge in [-0.1, -0.05) is 43.3 Å². The average molecular weight is 614 g/mol. The first-order chi connectivity index (χ1) is 21.3. The zero-order valence-electron chi connectivity index (χ0n) is 24.4. The molecule has 0 heterocycles. The van der Waals surface area contributed by atoms with Crippen molar-refractivity contribution in [3.8, 4) is 11.5 Å². The molecule has 4 aromatic rings. The first-order valence-electron chi connectivity index (χ1n) is 13.7. The van der Waals surface area contributed by atoms with Crippen molar-refractivity contribution in [2.24, 2.45) is 0 Å². The van der Waals surface area contributed by atoms with Crippen LogP contribution in [0.25, 0.3) is 6.08 Å². The molecule has 0 saturated heterocycles. The van der Waals surface area contributed by atoms with Crippen LogP contribution >= 0.6 is 11.8 Å². The standard InChI is InChI=1S/C34H32FN3O5S/c1-4-31(34(41)37-28-21-26(42-2)17-18-30(28)43-3)44-27-12-8-11-25(20-27)36-33(40)29(19-22-13-15-24(35)16-14-22)38-32(39)23-9-6-5-7-10-23/h5-21,31H,4H2,1-3H3,(H,36,40)(H,37,41)(H,38,39)/b29-19-. The van der Waals surface area contributed by atoms with Gasteiger partial charge < -0.3 is 25.4 Å². The van der Waals surface area contributed by atoms with Crippen molar-refractivity contribution < 1.29 is 28.2 Å². The van der Waals surface area contributed by atoms with E-state index in [1.54, 1.807) is 73.8 Å². The number of methoxy groups -OCH3 is 2. The van der Waals surface area contributed by atoms with E-state index in [1.165, 1.54) is 49.2 Å². The molecule has 0 aromatic heterocycles. The molecule has 0 bridgehead atoms. The molecular formula is C34H32FN3O5S. The highest BCUT2D eigenvalue weighted by molar-refractivity contribution is 8.00. The number of ether oxygens (including phenoxy) is 2. The van der Waals surface area contributed by atoms with Crippen LogP contribution in [0, 0.1) is 5.82 Å². The third kappa shape index (κ3) is 8.71. The average Bonchev–Trinajstić information content (AvgIpc) is 3.04. The van der Waals surface area contributed by atoms with Crippen LogP contribution in [0.3, 0.4) is 0 Å². The molecule has 1 atom stereocenters. The molecule has 0 fully saturated rings. The van der Waals surface area contributed by atoms with Crippen molar-refractivity contribution >= 4 is 46.9 Å². The van der Waals surface area contributed by atoms with Gasteiger partial charge in [0.05, 0.1) is 25.2 Å². The monoisotopic (exact) mass is 613 g/mol. The Bertz CT molecular complexity index is 1640. The summed E-state index contributed by atoms with van der Waals surface area (Å²) in [7, 11) is 3.07. The maximum atomic E-state index is 13.5. The molecule has 1 unspecified atom stereocenters. The third-order valence-electron chi connectivity index (χ3n) is 6.41. The lowest BCUT2D eigenvalue weighted by Crippen LogP contribution is -2.30. The summed E-state index contributed by atoms with van der Waals surface area (Å²) < 4.78 is 24.1. The highest BCUT2D eigenvalue weighted by Gasteiger charge is 2.21. The number of carbonyl (C=O) groups excluding carboxylic acids is 3. The van der Waals surface area contributed by atoms with E-state index < -0.39 is 22.9 Å². The lowest BCUT2D eigenvalue weighted by Gasteiger charge is -2.17. The number of halogens is 1. The van der Waals surface area contributed by atoms with Crippen molar-refractivity contribution in [1.82, 2.24) is 5.32 Å². The second-order valence-electron chi connectivity index (χ2n) is 9.48. The van der Waals surface area contributed by atoms with Gasteiger partial charge in [0.1, 0.15) is 23.0 Å². The fourth-order valence-electron chi connectivity index (χ4n) is 4.13. The van der Waals surface area contributed by atoms with Crippen molar-refractivity contribution in [2.45, 2.75) is 23.5 Å². The highest BCUT2D eigenvalue weighted by atomic mass is 32.2. The Kier molecular flexibility index (Phi) is 11.1. The number of amides is 3. The number of hydrogen-bond donors (Lipinski definition) is 3. The van der Waals surface area contributed by atoms with Crippen molar-refractivity contribution in [1.29, 1.82) is 0 Å². The molecule has 0 aliphatic carbocycles. The van der Waals surface area contributed by atoms with Gasteiger partial charge in [0.2, 0.25) is 5.91 Å². The predicted molar refractivity (Wildman–Crippen MR) is 171 cm³/mol. The molecule has 10 heteroatoms. The van der Waals surface area contributed by atoms with Crippen LogP contribution in [0.4, 0.5) is 15.8 Å². The second kappa shape index (κ2) is 15.4. The summed E-state index contributed by atoms with van der Waals surface area (Å²) in [5.41, 5.74) is 1.83. The molecule has 0 aliphatic rings. The second-order valence-corrected chi connectivity index (χ2v) is 10.8. The molecule has 0 aliphatic heterocycles. The lowest BCUT2D eigenvalue weighted by atomic mass is 10.1. The van der Waals surface area contributed by atoms with Crippen LogP contribution < -0.4 is 25.4 Å². The maximum Gasteiger partial charge on any atom is 0.272 e. The Morgan fingerprint density at radius 3 is 2.30 bits per heavy atom. The van der Waals surface area contributed by atoms with Gasteiger partial charge in [0, 0.05) is 22.2 Å². The summed E-state index contributed by atoms with van der Waals surface area (Å²) in [5, 5.41) is 7.96. The van der Waals surface area contributed by atoms with Gasteiger partial charge in [-0.2, -0.15) is 0 Å². The van der Waals surface area contributed by atoms with E-state index in [-0.39, 0.29) is 11.6 Å². The Hall–Kier alpha value is -5.09. The third-order valence-corrected chi connectivity index (χ3v) is 7.77. The molecule has 8 nitrogen and oxygen atoms in total. The smallest absolute Gasteiger partial charge is 0.272 e. The van der Waals surface area contributed by atoms with Crippen LogP contribution in [0.1, 0.15) is 29.3 Å². The number of nitrogens with one attached hydrogen (secondary N) is 3.